The zero-order chi connectivity index (χ0) is 15.6. The predicted molar refractivity (Wildman–Crippen MR) is 74.4 cm³/mol. The number of hydrogen-bond acceptors (Lipinski definition) is 6. The Bertz CT molecular complexity index is 752. The molecule has 21 heavy (non-hydrogen) atoms. The molecule has 0 bridgehead atoms. The number of rotatable bonds is 4. The van der Waals surface area contributed by atoms with Crippen molar-refractivity contribution < 1.29 is 14.7 Å². The van der Waals surface area contributed by atoms with Gasteiger partial charge in [-0.2, -0.15) is 5.10 Å². The summed E-state index contributed by atoms with van der Waals surface area (Å²) in [6, 6.07) is 2.11. The van der Waals surface area contributed by atoms with Crippen molar-refractivity contribution in [1.29, 1.82) is 0 Å². The first-order valence-corrected chi connectivity index (χ1v) is 6.80. The fraction of sp³-hybridized carbons (Fsp3) is 0.250. The third kappa shape index (κ3) is 3.31. The number of carbonyl (C=O) groups excluding carboxylic acids is 1. The quantitative estimate of drug-likeness (QED) is 0.846. The zero-order valence-corrected chi connectivity index (χ0v) is 12.0. The summed E-state index contributed by atoms with van der Waals surface area (Å²) in [7, 11) is 1.45. The van der Waals surface area contributed by atoms with Crippen LogP contribution in [0.2, 0.25) is 0 Å². The average Bonchev–Trinajstić information content (AvgIpc) is 2.91. The largest absolute Gasteiger partial charge is 0.476 e. The second-order valence-corrected chi connectivity index (χ2v) is 5.14. The van der Waals surface area contributed by atoms with Crippen molar-refractivity contribution in [2.24, 2.45) is 7.05 Å². The summed E-state index contributed by atoms with van der Waals surface area (Å²) in [6.45, 7) is 1.68. The highest BCUT2D eigenvalue weighted by Gasteiger charge is 2.17. The minimum atomic E-state index is -1.12. The third-order valence-electron chi connectivity index (χ3n) is 2.65. The second-order valence-electron chi connectivity index (χ2n) is 4.25. The average molecular weight is 308 g/mol. The molecule has 2 N–H and O–H groups in total. The molecule has 0 aliphatic carbocycles. The maximum absolute atomic E-state index is 12.0. The van der Waals surface area contributed by atoms with Crippen molar-refractivity contribution >= 4 is 23.2 Å². The van der Waals surface area contributed by atoms with Crippen LogP contribution in [0.4, 0.5) is 0 Å². The van der Waals surface area contributed by atoms with E-state index in [2.05, 4.69) is 15.4 Å². The van der Waals surface area contributed by atoms with E-state index >= 15 is 0 Å². The van der Waals surface area contributed by atoms with E-state index in [9.17, 15) is 14.4 Å². The van der Waals surface area contributed by atoms with E-state index in [1.54, 1.807) is 6.92 Å². The number of nitrogens with one attached hydrogen (secondary N) is 1. The number of aromatic carboxylic acids is 1. The lowest BCUT2D eigenvalue weighted by molar-refractivity contribution is 0.0691. The predicted octanol–water partition coefficient (Wildman–Crippen LogP) is 0.426. The van der Waals surface area contributed by atoms with Gasteiger partial charge >= 0.3 is 5.97 Å². The first kappa shape index (κ1) is 14.9. The van der Waals surface area contributed by atoms with Gasteiger partial charge in [0.25, 0.3) is 11.5 Å². The minimum absolute atomic E-state index is 0.0590. The number of hydrogen-bond donors (Lipinski definition) is 2. The van der Waals surface area contributed by atoms with Crippen LogP contribution in [-0.2, 0) is 7.05 Å². The van der Waals surface area contributed by atoms with E-state index in [4.69, 9.17) is 5.11 Å². The van der Waals surface area contributed by atoms with Gasteiger partial charge in [0.15, 0.2) is 5.69 Å². The number of aryl methyl sites for hydroxylation is 1. The standard InChI is InChI=1S/C12H12N4O4S/c1-6(11-14-8(5-21-11)12(19)20)13-10(18)7-3-4-9(17)16(2)15-7/h3-6H,1-2H3,(H,13,18)(H,19,20). The van der Waals surface area contributed by atoms with Crippen LogP contribution in [-0.4, -0.2) is 31.7 Å². The molecule has 1 amide bonds. The number of aromatic nitrogens is 3. The van der Waals surface area contributed by atoms with Gasteiger partial charge in [-0.25, -0.2) is 14.5 Å². The van der Waals surface area contributed by atoms with Crippen LogP contribution in [0.1, 0.15) is 39.0 Å². The topological polar surface area (TPSA) is 114 Å². The molecule has 0 fully saturated rings. The van der Waals surface area contributed by atoms with Gasteiger partial charge in [0.05, 0.1) is 6.04 Å². The van der Waals surface area contributed by atoms with E-state index in [1.807, 2.05) is 0 Å². The molecular weight excluding hydrogens is 296 g/mol. The lowest BCUT2D eigenvalue weighted by atomic mass is 10.3. The summed E-state index contributed by atoms with van der Waals surface area (Å²) in [6.07, 6.45) is 0. The fourth-order valence-electron chi connectivity index (χ4n) is 1.54. The molecule has 0 spiro atoms. The van der Waals surface area contributed by atoms with E-state index < -0.39 is 17.9 Å². The molecular formula is C12H12N4O4S. The Kier molecular flexibility index (Phi) is 4.13. The molecule has 0 radical (unpaired) electrons. The van der Waals surface area contributed by atoms with E-state index in [0.29, 0.717) is 5.01 Å². The van der Waals surface area contributed by atoms with Crippen LogP contribution in [0.3, 0.4) is 0 Å². The molecule has 110 valence electrons. The Morgan fingerprint density at radius 3 is 2.67 bits per heavy atom. The maximum Gasteiger partial charge on any atom is 0.355 e. The van der Waals surface area contributed by atoms with Gasteiger partial charge in [-0.3, -0.25) is 9.59 Å². The summed E-state index contributed by atoms with van der Waals surface area (Å²) in [5.41, 5.74) is -0.277. The molecule has 0 aliphatic rings. The molecule has 9 heteroatoms. The lowest BCUT2D eigenvalue weighted by Gasteiger charge is -2.10. The molecule has 2 aromatic rings. The van der Waals surface area contributed by atoms with Gasteiger partial charge in [-0.05, 0) is 13.0 Å². The molecule has 2 rings (SSSR count). The SMILES string of the molecule is CC(NC(=O)c1ccc(=O)n(C)n1)c1nc(C(=O)O)cs1. The molecule has 0 saturated carbocycles. The summed E-state index contributed by atoms with van der Waals surface area (Å²) in [4.78, 5) is 37.9. The van der Waals surface area contributed by atoms with Gasteiger partial charge in [0, 0.05) is 18.5 Å². The smallest absolute Gasteiger partial charge is 0.355 e. The first-order chi connectivity index (χ1) is 9.88. The first-order valence-electron chi connectivity index (χ1n) is 5.92. The Balaban J connectivity index is 2.12. The zero-order valence-electron chi connectivity index (χ0n) is 11.2. The normalized spacial score (nSPS) is 11.9. The minimum Gasteiger partial charge on any atom is -0.476 e. The van der Waals surface area contributed by atoms with Crippen LogP contribution < -0.4 is 10.9 Å². The van der Waals surface area contributed by atoms with Crippen molar-refractivity contribution in [3.63, 3.8) is 0 Å². The highest BCUT2D eigenvalue weighted by Crippen LogP contribution is 2.18. The molecule has 0 aliphatic heterocycles. The lowest BCUT2D eigenvalue weighted by Crippen LogP contribution is -2.30. The summed E-state index contributed by atoms with van der Waals surface area (Å²) < 4.78 is 1.06. The van der Waals surface area contributed by atoms with Crippen molar-refractivity contribution in [2.45, 2.75) is 13.0 Å². The van der Waals surface area contributed by atoms with Crippen LogP contribution in [0.15, 0.2) is 22.3 Å². The van der Waals surface area contributed by atoms with Crippen LogP contribution >= 0.6 is 11.3 Å². The van der Waals surface area contributed by atoms with Crippen LogP contribution in [0, 0.1) is 0 Å². The number of thiazole rings is 1. The van der Waals surface area contributed by atoms with Crippen molar-refractivity contribution in [2.75, 3.05) is 0 Å². The fourth-order valence-corrected chi connectivity index (χ4v) is 2.34. The molecule has 1 atom stereocenters. The Morgan fingerprint density at radius 2 is 2.10 bits per heavy atom. The van der Waals surface area contributed by atoms with Crippen LogP contribution in [0.25, 0.3) is 0 Å². The summed E-state index contributed by atoms with van der Waals surface area (Å²) in [5, 5.41) is 17.2. The molecule has 1 unspecified atom stereocenters. The number of carboxylic acids is 1. The molecule has 2 aromatic heterocycles. The van der Waals surface area contributed by atoms with E-state index in [1.165, 1.54) is 24.6 Å². The van der Waals surface area contributed by atoms with Gasteiger partial charge < -0.3 is 10.4 Å². The molecule has 0 saturated heterocycles. The highest BCUT2D eigenvalue weighted by atomic mass is 32.1. The van der Waals surface area contributed by atoms with Crippen molar-refractivity contribution in [3.8, 4) is 0 Å². The summed E-state index contributed by atoms with van der Waals surface area (Å²) in [5.74, 6) is -1.58. The van der Waals surface area contributed by atoms with Gasteiger partial charge in [0.1, 0.15) is 10.7 Å². The number of amides is 1. The molecule has 0 aromatic carbocycles. The second kappa shape index (κ2) is 5.83. The third-order valence-corrected chi connectivity index (χ3v) is 3.68. The van der Waals surface area contributed by atoms with E-state index in [-0.39, 0.29) is 16.9 Å². The summed E-state index contributed by atoms with van der Waals surface area (Å²) >= 11 is 1.15. The van der Waals surface area contributed by atoms with E-state index in [0.717, 1.165) is 16.0 Å². The molecule has 8 nitrogen and oxygen atoms in total. The number of carboxylic acid groups (broad SMARTS) is 1. The van der Waals surface area contributed by atoms with Crippen LogP contribution in [0.5, 0.6) is 0 Å². The highest BCUT2D eigenvalue weighted by molar-refractivity contribution is 7.09. The van der Waals surface area contributed by atoms with Crippen molar-refractivity contribution in [3.05, 3.63) is 44.3 Å². The van der Waals surface area contributed by atoms with Gasteiger partial charge in [0.2, 0.25) is 0 Å². The van der Waals surface area contributed by atoms with Crippen molar-refractivity contribution in [1.82, 2.24) is 20.1 Å². The Hall–Kier alpha value is -2.55. The number of nitrogens with zero attached hydrogens (tertiary/aromatic N) is 3. The number of carbonyl (C=O) groups is 2. The monoisotopic (exact) mass is 308 g/mol. The maximum atomic E-state index is 12.0. The van der Waals surface area contributed by atoms with Gasteiger partial charge in [-0.1, -0.05) is 0 Å². The Labute approximate surface area is 123 Å². The Morgan fingerprint density at radius 1 is 1.38 bits per heavy atom. The van der Waals surface area contributed by atoms with Gasteiger partial charge in [-0.15, -0.1) is 11.3 Å². The molecule has 2 heterocycles.